The Morgan fingerprint density at radius 1 is 1.10 bits per heavy atom. The van der Waals surface area contributed by atoms with Gasteiger partial charge in [0.25, 0.3) is 0 Å². The van der Waals surface area contributed by atoms with E-state index in [2.05, 4.69) is 10.6 Å². The Kier molecular flexibility index (Phi) is 5.45. The van der Waals surface area contributed by atoms with Crippen LogP contribution in [-0.2, 0) is 9.59 Å². The molecule has 4 fully saturated rings. The largest absolute Gasteiger partial charge is 0.349 e. The van der Waals surface area contributed by atoms with Crippen LogP contribution in [0, 0.1) is 31.6 Å². The van der Waals surface area contributed by atoms with Crippen molar-refractivity contribution < 1.29 is 9.59 Å². The van der Waals surface area contributed by atoms with Crippen LogP contribution in [0.2, 0.25) is 0 Å². The Morgan fingerprint density at radius 3 is 2.28 bits per heavy atom. The predicted molar refractivity (Wildman–Crippen MR) is 116 cm³/mol. The highest BCUT2D eigenvalue weighted by atomic mass is 16.2. The second kappa shape index (κ2) is 7.75. The molecule has 29 heavy (non-hydrogen) atoms. The molecular weight excluding hydrogens is 362 g/mol. The summed E-state index contributed by atoms with van der Waals surface area (Å²) < 4.78 is 0. The first kappa shape index (κ1) is 20.4. The summed E-state index contributed by atoms with van der Waals surface area (Å²) in [5.74, 6) is 2.39. The Bertz CT molecular complexity index is 768. The molecule has 158 valence electrons. The van der Waals surface area contributed by atoms with Crippen molar-refractivity contribution in [2.75, 3.05) is 18.9 Å². The van der Waals surface area contributed by atoms with E-state index in [1.54, 1.807) is 0 Å². The van der Waals surface area contributed by atoms with Gasteiger partial charge in [-0.15, -0.1) is 0 Å². The van der Waals surface area contributed by atoms with Gasteiger partial charge < -0.3 is 10.6 Å². The normalized spacial score (nSPS) is 31.0. The van der Waals surface area contributed by atoms with Crippen molar-refractivity contribution in [2.24, 2.45) is 17.8 Å². The number of hydrogen-bond donors (Lipinski definition) is 2. The van der Waals surface area contributed by atoms with Gasteiger partial charge in [0.05, 0.1) is 12.6 Å². The lowest BCUT2D eigenvalue weighted by molar-refractivity contribution is -0.131. The fourth-order valence-electron chi connectivity index (χ4n) is 6.27. The van der Waals surface area contributed by atoms with Crippen LogP contribution in [0.3, 0.4) is 0 Å². The number of aryl methyl sites for hydroxylation is 1. The third-order valence-corrected chi connectivity index (χ3v) is 7.74. The second-order valence-corrected chi connectivity index (χ2v) is 10.1. The molecule has 4 aliphatic carbocycles. The third-order valence-electron chi connectivity index (χ3n) is 7.74. The van der Waals surface area contributed by atoms with Crippen LogP contribution in [0.5, 0.6) is 0 Å². The van der Waals surface area contributed by atoms with Gasteiger partial charge in [0, 0.05) is 11.2 Å². The standard InChI is InChI=1S/C24H35N3O2/c1-15-6-5-7-21(16(15)2)25-22(28)14-27(4)17(3)23(29)26-24-11-18-8-19(12-24)10-20(9-18)13-24/h5-7,17-20H,8-14H2,1-4H3,(H,25,28)(H,26,29)/t17-,18?,19?,20?,24?/m0/s1. The van der Waals surface area contributed by atoms with Gasteiger partial charge in [0.1, 0.15) is 0 Å². The average molecular weight is 398 g/mol. The van der Waals surface area contributed by atoms with Crippen molar-refractivity contribution in [1.82, 2.24) is 10.2 Å². The van der Waals surface area contributed by atoms with E-state index < -0.39 is 0 Å². The lowest BCUT2D eigenvalue weighted by atomic mass is 9.53. The number of amides is 2. The summed E-state index contributed by atoms with van der Waals surface area (Å²) >= 11 is 0. The van der Waals surface area contributed by atoms with Gasteiger partial charge >= 0.3 is 0 Å². The van der Waals surface area contributed by atoms with Gasteiger partial charge in [0.2, 0.25) is 11.8 Å². The van der Waals surface area contributed by atoms with E-state index in [4.69, 9.17) is 0 Å². The molecule has 0 saturated heterocycles. The fraction of sp³-hybridized carbons (Fsp3) is 0.667. The minimum absolute atomic E-state index is 0.0157. The molecule has 1 aromatic carbocycles. The number of anilines is 1. The summed E-state index contributed by atoms with van der Waals surface area (Å²) in [4.78, 5) is 27.4. The number of nitrogens with one attached hydrogen (secondary N) is 2. The molecule has 5 rings (SSSR count). The maximum absolute atomic E-state index is 13.0. The van der Waals surface area contributed by atoms with Crippen molar-refractivity contribution in [3.63, 3.8) is 0 Å². The van der Waals surface area contributed by atoms with E-state index in [1.807, 2.05) is 50.9 Å². The quantitative estimate of drug-likeness (QED) is 0.770. The van der Waals surface area contributed by atoms with Crippen LogP contribution in [0.4, 0.5) is 5.69 Å². The van der Waals surface area contributed by atoms with Crippen LogP contribution in [0.15, 0.2) is 18.2 Å². The minimum atomic E-state index is -0.327. The monoisotopic (exact) mass is 397 g/mol. The number of rotatable bonds is 6. The van der Waals surface area contributed by atoms with Gasteiger partial charge in [0.15, 0.2) is 0 Å². The lowest BCUT2D eigenvalue weighted by Gasteiger charge is -2.57. The number of benzene rings is 1. The van der Waals surface area contributed by atoms with Crippen LogP contribution in [0.1, 0.15) is 56.6 Å². The summed E-state index contributed by atoms with van der Waals surface area (Å²) in [6.07, 6.45) is 7.53. The third kappa shape index (κ3) is 4.20. The first-order chi connectivity index (χ1) is 13.7. The molecule has 0 heterocycles. The average Bonchev–Trinajstić information content (AvgIpc) is 2.63. The summed E-state index contributed by atoms with van der Waals surface area (Å²) in [7, 11) is 1.85. The summed E-state index contributed by atoms with van der Waals surface area (Å²) in [6.45, 7) is 6.15. The molecule has 0 spiro atoms. The number of hydrogen-bond acceptors (Lipinski definition) is 3. The molecule has 5 nitrogen and oxygen atoms in total. The molecule has 4 aliphatic rings. The molecule has 0 radical (unpaired) electrons. The molecule has 0 aliphatic heterocycles. The number of likely N-dealkylation sites (N-methyl/N-ethyl adjacent to an activating group) is 1. The number of nitrogens with zero attached hydrogens (tertiary/aromatic N) is 1. The van der Waals surface area contributed by atoms with E-state index in [-0.39, 0.29) is 29.9 Å². The van der Waals surface area contributed by atoms with E-state index in [9.17, 15) is 9.59 Å². The first-order valence-electron chi connectivity index (χ1n) is 11.1. The summed E-state index contributed by atoms with van der Waals surface area (Å²) in [5, 5.41) is 6.42. The zero-order valence-corrected chi connectivity index (χ0v) is 18.3. The van der Waals surface area contributed by atoms with Gasteiger partial charge in [-0.05, 0) is 101 Å². The fourth-order valence-corrected chi connectivity index (χ4v) is 6.27. The SMILES string of the molecule is Cc1cccc(NC(=O)CN(C)[C@@H](C)C(=O)NC23CC4CC(CC(C4)C2)C3)c1C. The smallest absolute Gasteiger partial charge is 0.238 e. The molecule has 1 atom stereocenters. The second-order valence-electron chi connectivity index (χ2n) is 10.1. The maximum Gasteiger partial charge on any atom is 0.238 e. The highest BCUT2D eigenvalue weighted by Gasteiger charge is 2.51. The molecule has 4 saturated carbocycles. The van der Waals surface area contributed by atoms with Crippen LogP contribution in [0.25, 0.3) is 0 Å². The van der Waals surface area contributed by atoms with E-state index in [0.717, 1.165) is 53.8 Å². The van der Waals surface area contributed by atoms with Crippen molar-refractivity contribution >= 4 is 17.5 Å². The lowest BCUT2D eigenvalue weighted by Crippen LogP contribution is -2.62. The van der Waals surface area contributed by atoms with E-state index >= 15 is 0 Å². The van der Waals surface area contributed by atoms with Crippen molar-refractivity contribution in [3.8, 4) is 0 Å². The van der Waals surface area contributed by atoms with E-state index in [1.165, 1.54) is 19.3 Å². The molecule has 2 amide bonds. The molecule has 4 bridgehead atoms. The Labute approximate surface area is 174 Å². The number of carbonyl (C=O) groups excluding carboxylic acids is 2. The van der Waals surface area contributed by atoms with Gasteiger partial charge in [-0.2, -0.15) is 0 Å². The van der Waals surface area contributed by atoms with Crippen molar-refractivity contribution in [1.29, 1.82) is 0 Å². The molecule has 2 N–H and O–H groups in total. The zero-order chi connectivity index (χ0) is 20.8. The maximum atomic E-state index is 13.0. The Hall–Kier alpha value is -1.88. The Morgan fingerprint density at radius 2 is 1.69 bits per heavy atom. The highest BCUT2D eigenvalue weighted by Crippen LogP contribution is 2.55. The Balaban J connectivity index is 1.33. The van der Waals surface area contributed by atoms with Crippen LogP contribution in [-0.4, -0.2) is 41.9 Å². The van der Waals surface area contributed by atoms with Gasteiger partial charge in [-0.1, -0.05) is 12.1 Å². The zero-order valence-electron chi connectivity index (χ0n) is 18.3. The molecule has 1 aromatic rings. The van der Waals surface area contributed by atoms with Crippen LogP contribution >= 0.6 is 0 Å². The number of carbonyl (C=O) groups is 2. The topological polar surface area (TPSA) is 61.4 Å². The van der Waals surface area contributed by atoms with Gasteiger partial charge in [-0.3, -0.25) is 14.5 Å². The predicted octanol–water partition coefficient (Wildman–Crippen LogP) is 3.65. The molecule has 5 heteroatoms. The molecule has 0 unspecified atom stereocenters. The first-order valence-corrected chi connectivity index (χ1v) is 11.1. The summed E-state index contributed by atoms with van der Waals surface area (Å²) in [6, 6.07) is 5.58. The van der Waals surface area contributed by atoms with Crippen molar-refractivity contribution in [3.05, 3.63) is 29.3 Å². The molecular formula is C24H35N3O2. The van der Waals surface area contributed by atoms with E-state index in [0.29, 0.717) is 0 Å². The minimum Gasteiger partial charge on any atom is -0.349 e. The molecule has 0 aromatic heterocycles. The highest BCUT2D eigenvalue weighted by molar-refractivity contribution is 5.93. The van der Waals surface area contributed by atoms with Crippen molar-refractivity contribution in [2.45, 2.75) is 70.9 Å². The van der Waals surface area contributed by atoms with Crippen LogP contribution < -0.4 is 10.6 Å². The summed E-state index contributed by atoms with van der Waals surface area (Å²) in [5.41, 5.74) is 3.09. The van der Waals surface area contributed by atoms with Gasteiger partial charge in [-0.25, -0.2) is 0 Å².